The minimum absolute atomic E-state index is 0.170. The quantitative estimate of drug-likeness (QED) is 0.503. The second-order valence-electron chi connectivity index (χ2n) is 8.12. The van der Waals surface area contributed by atoms with Gasteiger partial charge in [0.1, 0.15) is 5.00 Å². The number of nitrogens with one attached hydrogen (secondary N) is 1. The molecule has 2 aromatic heterocycles. The van der Waals surface area contributed by atoms with E-state index in [0.717, 1.165) is 46.7 Å². The van der Waals surface area contributed by atoms with Crippen molar-refractivity contribution in [2.45, 2.75) is 51.7 Å². The molecular weight excluding hydrogens is 442 g/mol. The number of hydrogen-bond acceptors (Lipinski definition) is 6. The van der Waals surface area contributed by atoms with E-state index in [2.05, 4.69) is 22.4 Å². The monoisotopic (exact) mass is 469 g/mol. The van der Waals surface area contributed by atoms with Crippen LogP contribution in [0, 0.1) is 12.8 Å². The predicted octanol–water partition coefficient (Wildman–Crippen LogP) is 4.29. The molecule has 0 fully saturated rings. The van der Waals surface area contributed by atoms with Crippen molar-refractivity contribution >= 4 is 39.9 Å². The molecule has 1 aromatic carbocycles. The summed E-state index contributed by atoms with van der Waals surface area (Å²) >= 11 is 2.82. The van der Waals surface area contributed by atoms with E-state index in [1.165, 1.54) is 23.1 Å². The number of thioether (sulfide) groups is 1. The zero-order valence-corrected chi connectivity index (χ0v) is 20.1. The highest BCUT2D eigenvalue weighted by atomic mass is 32.2. The van der Waals surface area contributed by atoms with Gasteiger partial charge in [-0.1, -0.05) is 43.0 Å². The van der Waals surface area contributed by atoms with Gasteiger partial charge in [-0.3, -0.25) is 9.59 Å². The predicted molar refractivity (Wildman–Crippen MR) is 129 cm³/mol. The number of carbonyl (C=O) groups excluding carboxylic acids is 2. The maximum absolute atomic E-state index is 12.7. The molecule has 7 nitrogen and oxygen atoms in total. The summed E-state index contributed by atoms with van der Waals surface area (Å²) in [7, 11) is 0. The van der Waals surface area contributed by atoms with E-state index in [0.29, 0.717) is 28.2 Å². The van der Waals surface area contributed by atoms with Crippen molar-refractivity contribution in [2.75, 3.05) is 11.1 Å². The molecule has 168 valence electrons. The van der Waals surface area contributed by atoms with Gasteiger partial charge in [-0.15, -0.1) is 21.5 Å². The number of nitrogens with zero attached hydrogens (tertiary/aromatic N) is 3. The van der Waals surface area contributed by atoms with Gasteiger partial charge in [0, 0.05) is 17.0 Å². The average Bonchev–Trinajstić information content (AvgIpc) is 3.32. The molecule has 2 heterocycles. The molecule has 2 amide bonds. The van der Waals surface area contributed by atoms with Gasteiger partial charge in [-0.25, -0.2) is 0 Å². The molecule has 0 spiro atoms. The maximum atomic E-state index is 12.7. The van der Waals surface area contributed by atoms with Gasteiger partial charge in [-0.05, 0) is 50.2 Å². The molecular formula is C23H27N5O2S2. The van der Waals surface area contributed by atoms with E-state index in [9.17, 15) is 9.59 Å². The number of rotatable bonds is 7. The van der Waals surface area contributed by atoms with Gasteiger partial charge < -0.3 is 15.6 Å². The third kappa shape index (κ3) is 4.45. The van der Waals surface area contributed by atoms with Crippen LogP contribution in [-0.4, -0.2) is 32.3 Å². The lowest BCUT2D eigenvalue weighted by atomic mass is 9.88. The third-order valence-electron chi connectivity index (χ3n) is 5.76. The fraction of sp³-hybridized carbons (Fsp3) is 0.391. The second kappa shape index (κ2) is 9.46. The van der Waals surface area contributed by atoms with Gasteiger partial charge in [0.2, 0.25) is 5.91 Å². The minimum atomic E-state index is -0.478. The number of thiophene rings is 1. The number of aryl methyl sites for hydroxylation is 1. The summed E-state index contributed by atoms with van der Waals surface area (Å²) in [6.07, 6.45) is 2.78. The molecule has 32 heavy (non-hydrogen) atoms. The van der Waals surface area contributed by atoms with Crippen LogP contribution in [0.2, 0.25) is 0 Å². The number of primary amides is 1. The number of benzene rings is 1. The zero-order chi connectivity index (χ0) is 22.8. The van der Waals surface area contributed by atoms with Crippen LogP contribution in [0.1, 0.15) is 46.6 Å². The first-order valence-corrected chi connectivity index (χ1v) is 12.5. The molecule has 3 N–H and O–H groups in total. The molecule has 1 atom stereocenters. The number of carbonyl (C=O) groups is 2. The Morgan fingerprint density at radius 2 is 2.09 bits per heavy atom. The summed E-state index contributed by atoms with van der Waals surface area (Å²) in [5.74, 6) is 0.873. The smallest absolute Gasteiger partial charge is 0.251 e. The number of fused-ring (bicyclic) bond motifs is 1. The van der Waals surface area contributed by atoms with Crippen LogP contribution in [0.4, 0.5) is 5.00 Å². The van der Waals surface area contributed by atoms with Crippen LogP contribution >= 0.6 is 23.1 Å². The lowest BCUT2D eigenvalue weighted by molar-refractivity contribution is -0.113. The van der Waals surface area contributed by atoms with E-state index in [4.69, 9.17) is 5.73 Å². The zero-order valence-electron chi connectivity index (χ0n) is 18.5. The first kappa shape index (κ1) is 22.5. The summed E-state index contributed by atoms with van der Waals surface area (Å²) in [4.78, 5) is 26.0. The van der Waals surface area contributed by atoms with Crippen molar-refractivity contribution in [2.24, 2.45) is 11.7 Å². The third-order valence-corrected chi connectivity index (χ3v) is 7.90. The van der Waals surface area contributed by atoms with Crippen LogP contribution in [0.25, 0.3) is 11.4 Å². The topological polar surface area (TPSA) is 103 Å². The Morgan fingerprint density at radius 3 is 2.81 bits per heavy atom. The van der Waals surface area contributed by atoms with Crippen LogP contribution in [0.15, 0.2) is 29.4 Å². The largest absolute Gasteiger partial charge is 0.365 e. The van der Waals surface area contributed by atoms with Crippen molar-refractivity contribution in [1.29, 1.82) is 0 Å². The van der Waals surface area contributed by atoms with Crippen molar-refractivity contribution in [3.63, 3.8) is 0 Å². The summed E-state index contributed by atoms with van der Waals surface area (Å²) in [5, 5.41) is 12.9. The summed E-state index contributed by atoms with van der Waals surface area (Å²) in [6.45, 7) is 6.98. The van der Waals surface area contributed by atoms with Crippen LogP contribution < -0.4 is 11.1 Å². The molecule has 0 radical (unpaired) electrons. The molecule has 9 heteroatoms. The number of aromatic nitrogens is 3. The number of anilines is 1. The second-order valence-corrected chi connectivity index (χ2v) is 10.2. The Hall–Kier alpha value is -2.65. The normalized spacial score (nSPS) is 15.4. The standard InChI is InChI=1S/C23H27N5O2S2/c1-4-28-21(15-8-6-5-7-14(15)3)26-27-23(28)31-12-18(29)25-22-19(20(24)30)16-10-9-13(2)11-17(16)32-22/h5-8,13H,4,9-12H2,1-3H3,(H2,24,30)(H,25,29). The Bertz CT molecular complexity index is 1170. The molecule has 3 aromatic rings. The lowest BCUT2D eigenvalue weighted by Gasteiger charge is -2.18. The molecule has 1 aliphatic carbocycles. The highest BCUT2D eigenvalue weighted by molar-refractivity contribution is 7.99. The summed E-state index contributed by atoms with van der Waals surface area (Å²) in [6, 6.07) is 8.04. The molecule has 1 aliphatic rings. The van der Waals surface area contributed by atoms with Crippen molar-refractivity contribution in [1.82, 2.24) is 14.8 Å². The lowest BCUT2D eigenvalue weighted by Crippen LogP contribution is -2.20. The van der Waals surface area contributed by atoms with E-state index in [1.54, 1.807) is 0 Å². The first-order valence-electron chi connectivity index (χ1n) is 10.7. The Morgan fingerprint density at radius 1 is 1.31 bits per heavy atom. The van der Waals surface area contributed by atoms with Crippen LogP contribution in [-0.2, 0) is 24.2 Å². The minimum Gasteiger partial charge on any atom is -0.365 e. The molecule has 0 bridgehead atoms. The summed E-state index contributed by atoms with van der Waals surface area (Å²) in [5.41, 5.74) is 9.30. The molecule has 0 aliphatic heterocycles. The number of nitrogens with two attached hydrogens (primary N) is 1. The summed E-state index contributed by atoms with van der Waals surface area (Å²) < 4.78 is 2.01. The van der Waals surface area contributed by atoms with E-state index < -0.39 is 5.91 Å². The van der Waals surface area contributed by atoms with Crippen molar-refractivity contribution < 1.29 is 9.59 Å². The average molecular weight is 470 g/mol. The molecule has 1 unspecified atom stereocenters. The SMILES string of the molecule is CCn1c(SCC(=O)Nc2sc3c(c2C(N)=O)CCC(C)C3)nnc1-c1ccccc1C. The molecule has 0 saturated heterocycles. The fourth-order valence-corrected chi connectivity index (χ4v) is 6.33. The first-order chi connectivity index (χ1) is 15.4. The molecule has 4 rings (SSSR count). The van der Waals surface area contributed by atoms with Gasteiger partial charge in [0.15, 0.2) is 11.0 Å². The van der Waals surface area contributed by atoms with Crippen LogP contribution in [0.3, 0.4) is 0 Å². The van der Waals surface area contributed by atoms with Gasteiger partial charge >= 0.3 is 0 Å². The van der Waals surface area contributed by atoms with E-state index >= 15 is 0 Å². The van der Waals surface area contributed by atoms with Crippen molar-refractivity contribution in [3.05, 3.63) is 45.8 Å². The fourth-order valence-electron chi connectivity index (χ4n) is 4.10. The Balaban J connectivity index is 1.49. The van der Waals surface area contributed by atoms with Gasteiger partial charge in [-0.2, -0.15) is 0 Å². The number of amides is 2. The Kier molecular flexibility index (Phi) is 6.66. The number of hydrogen-bond donors (Lipinski definition) is 2. The maximum Gasteiger partial charge on any atom is 0.251 e. The van der Waals surface area contributed by atoms with E-state index in [-0.39, 0.29) is 11.7 Å². The highest BCUT2D eigenvalue weighted by Gasteiger charge is 2.27. The highest BCUT2D eigenvalue weighted by Crippen LogP contribution is 2.39. The Labute approximate surface area is 195 Å². The van der Waals surface area contributed by atoms with Gasteiger partial charge in [0.25, 0.3) is 5.91 Å². The van der Waals surface area contributed by atoms with Crippen LogP contribution in [0.5, 0.6) is 0 Å². The molecule has 0 saturated carbocycles. The van der Waals surface area contributed by atoms with Crippen molar-refractivity contribution in [3.8, 4) is 11.4 Å². The van der Waals surface area contributed by atoms with Gasteiger partial charge in [0.05, 0.1) is 11.3 Å². The van der Waals surface area contributed by atoms with E-state index in [1.807, 2.05) is 42.7 Å².